The summed E-state index contributed by atoms with van der Waals surface area (Å²) in [5.74, 6) is -0.0300. The monoisotopic (exact) mass is 316 g/mol. The molecule has 3 rings (SSSR count). The maximum absolute atomic E-state index is 12.6. The van der Waals surface area contributed by atoms with Crippen LogP contribution in [0.25, 0.3) is 0 Å². The topological polar surface area (TPSA) is 58.6 Å². The van der Waals surface area contributed by atoms with Crippen molar-refractivity contribution < 1.29 is 14.3 Å². The van der Waals surface area contributed by atoms with Gasteiger partial charge in [-0.05, 0) is 56.9 Å². The highest BCUT2D eigenvalue weighted by atomic mass is 16.5. The van der Waals surface area contributed by atoms with E-state index in [1.54, 1.807) is 31.4 Å². The number of likely N-dealkylation sites (tertiary alicyclic amines) is 1. The summed E-state index contributed by atoms with van der Waals surface area (Å²) in [5.41, 5.74) is 1.12. The van der Waals surface area contributed by atoms with Gasteiger partial charge >= 0.3 is 0 Å². The van der Waals surface area contributed by atoms with E-state index in [0.29, 0.717) is 30.3 Å². The van der Waals surface area contributed by atoms with Gasteiger partial charge in [-0.2, -0.15) is 0 Å². The van der Waals surface area contributed by atoms with Crippen LogP contribution in [0.5, 0.6) is 0 Å². The smallest absolute Gasteiger partial charge is 0.253 e. The standard InChI is InChI=1S/C18H24N2O3/c1-18(23-2)9-11-20(12-10-18)17(22)14-5-3-13(4-6-14)16(21)19-15-7-8-15/h3-6,15H,7-12H2,1-2H3,(H,19,21). The van der Waals surface area contributed by atoms with Crippen molar-refractivity contribution in [2.24, 2.45) is 0 Å². The van der Waals surface area contributed by atoms with E-state index < -0.39 is 0 Å². The Morgan fingerprint density at radius 1 is 1.13 bits per heavy atom. The number of nitrogens with zero attached hydrogens (tertiary/aromatic N) is 1. The summed E-state index contributed by atoms with van der Waals surface area (Å²) in [7, 11) is 1.73. The molecule has 2 fully saturated rings. The van der Waals surface area contributed by atoms with Crippen molar-refractivity contribution in [3.63, 3.8) is 0 Å². The molecule has 1 aromatic carbocycles. The molecule has 0 aromatic heterocycles. The Kier molecular flexibility index (Phi) is 4.39. The van der Waals surface area contributed by atoms with Crippen LogP contribution < -0.4 is 5.32 Å². The fraction of sp³-hybridized carbons (Fsp3) is 0.556. The van der Waals surface area contributed by atoms with Crippen LogP contribution in [-0.2, 0) is 4.74 Å². The van der Waals surface area contributed by atoms with Gasteiger partial charge in [0.25, 0.3) is 11.8 Å². The molecule has 23 heavy (non-hydrogen) atoms. The van der Waals surface area contributed by atoms with Gasteiger partial charge in [0.15, 0.2) is 0 Å². The fourth-order valence-electron chi connectivity index (χ4n) is 2.83. The van der Waals surface area contributed by atoms with E-state index in [9.17, 15) is 9.59 Å². The van der Waals surface area contributed by atoms with Crippen LogP contribution >= 0.6 is 0 Å². The third-order valence-corrected chi connectivity index (χ3v) is 4.91. The van der Waals surface area contributed by atoms with Gasteiger partial charge < -0.3 is 15.0 Å². The molecule has 1 N–H and O–H groups in total. The number of hydrogen-bond donors (Lipinski definition) is 1. The molecule has 1 aliphatic carbocycles. The van der Waals surface area contributed by atoms with E-state index in [-0.39, 0.29) is 17.4 Å². The molecule has 0 atom stereocenters. The second-order valence-electron chi connectivity index (χ2n) is 6.77. The Bertz CT molecular complexity index is 585. The van der Waals surface area contributed by atoms with Gasteiger partial charge in [0.2, 0.25) is 0 Å². The molecule has 5 heteroatoms. The van der Waals surface area contributed by atoms with Crippen LogP contribution in [0.2, 0.25) is 0 Å². The van der Waals surface area contributed by atoms with E-state index in [2.05, 4.69) is 12.2 Å². The number of benzene rings is 1. The lowest BCUT2D eigenvalue weighted by Crippen LogP contribution is -2.46. The third kappa shape index (κ3) is 3.72. The van der Waals surface area contributed by atoms with Gasteiger partial charge in [-0.15, -0.1) is 0 Å². The Hall–Kier alpha value is -1.88. The van der Waals surface area contributed by atoms with Crippen LogP contribution in [-0.4, -0.2) is 48.6 Å². The van der Waals surface area contributed by atoms with E-state index in [1.807, 2.05) is 4.90 Å². The van der Waals surface area contributed by atoms with Crippen LogP contribution in [0.15, 0.2) is 24.3 Å². The fourth-order valence-corrected chi connectivity index (χ4v) is 2.83. The first-order valence-electron chi connectivity index (χ1n) is 8.26. The highest BCUT2D eigenvalue weighted by molar-refractivity contribution is 5.98. The minimum Gasteiger partial charge on any atom is -0.378 e. The molecular weight excluding hydrogens is 292 g/mol. The number of rotatable bonds is 4. The predicted octanol–water partition coefficient (Wildman–Crippen LogP) is 2.22. The van der Waals surface area contributed by atoms with Crippen molar-refractivity contribution >= 4 is 11.8 Å². The first kappa shape index (κ1) is 16.0. The quantitative estimate of drug-likeness (QED) is 0.926. The minimum atomic E-state index is -0.123. The lowest BCUT2D eigenvalue weighted by atomic mass is 9.93. The van der Waals surface area contributed by atoms with Gasteiger partial charge in [0.05, 0.1) is 5.60 Å². The number of amides is 2. The van der Waals surface area contributed by atoms with Crippen molar-refractivity contribution in [1.82, 2.24) is 10.2 Å². The molecule has 0 bridgehead atoms. The molecular formula is C18H24N2O3. The average molecular weight is 316 g/mol. The summed E-state index contributed by atoms with van der Waals surface area (Å²) in [6.45, 7) is 3.49. The zero-order valence-electron chi connectivity index (χ0n) is 13.8. The second-order valence-corrected chi connectivity index (χ2v) is 6.77. The number of carbonyl (C=O) groups is 2. The van der Waals surface area contributed by atoms with Crippen LogP contribution in [0.4, 0.5) is 0 Å². The average Bonchev–Trinajstić information content (AvgIpc) is 3.39. The van der Waals surface area contributed by atoms with Crippen molar-refractivity contribution in [2.75, 3.05) is 20.2 Å². The molecule has 0 radical (unpaired) electrons. The van der Waals surface area contributed by atoms with E-state index in [1.165, 1.54) is 0 Å². The zero-order valence-corrected chi connectivity index (χ0v) is 13.8. The van der Waals surface area contributed by atoms with Crippen molar-refractivity contribution in [3.8, 4) is 0 Å². The zero-order chi connectivity index (χ0) is 16.4. The van der Waals surface area contributed by atoms with E-state index >= 15 is 0 Å². The molecule has 1 saturated carbocycles. The number of piperidine rings is 1. The van der Waals surface area contributed by atoms with Crippen molar-refractivity contribution in [2.45, 2.75) is 44.2 Å². The van der Waals surface area contributed by atoms with Gasteiger partial charge in [-0.1, -0.05) is 0 Å². The Morgan fingerprint density at radius 2 is 1.70 bits per heavy atom. The molecule has 0 unspecified atom stereocenters. The van der Waals surface area contributed by atoms with Gasteiger partial charge in [0.1, 0.15) is 0 Å². The van der Waals surface area contributed by atoms with Gasteiger partial charge in [0, 0.05) is 37.4 Å². The lowest BCUT2D eigenvalue weighted by molar-refractivity contribution is -0.0379. The largest absolute Gasteiger partial charge is 0.378 e. The van der Waals surface area contributed by atoms with Crippen LogP contribution in [0, 0.1) is 0 Å². The third-order valence-electron chi connectivity index (χ3n) is 4.91. The highest BCUT2D eigenvalue weighted by Gasteiger charge is 2.32. The molecule has 5 nitrogen and oxygen atoms in total. The summed E-state index contributed by atoms with van der Waals surface area (Å²) < 4.78 is 5.51. The SMILES string of the molecule is COC1(C)CCN(C(=O)c2ccc(C(=O)NC3CC3)cc2)CC1. The Morgan fingerprint density at radius 3 is 2.22 bits per heavy atom. The first-order chi connectivity index (χ1) is 11.0. The maximum Gasteiger partial charge on any atom is 0.253 e. The second kappa shape index (κ2) is 6.32. The minimum absolute atomic E-state index is 0.0253. The molecule has 1 aliphatic heterocycles. The molecule has 1 aromatic rings. The summed E-state index contributed by atoms with van der Waals surface area (Å²) in [5, 5.41) is 2.95. The summed E-state index contributed by atoms with van der Waals surface area (Å²) in [6.07, 6.45) is 3.82. The molecule has 1 saturated heterocycles. The number of hydrogen-bond acceptors (Lipinski definition) is 3. The number of methoxy groups -OCH3 is 1. The maximum atomic E-state index is 12.6. The number of nitrogens with one attached hydrogen (secondary N) is 1. The number of carbonyl (C=O) groups excluding carboxylic acids is 2. The number of ether oxygens (including phenoxy) is 1. The Labute approximate surface area is 137 Å². The molecule has 0 spiro atoms. The normalized spacial score (nSPS) is 20.2. The summed E-state index contributed by atoms with van der Waals surface area (Å²) in [6, 6.07) is 7.29. The summed E-state index contributed by atoms with van der Waals surface area (Å²) in [4.78, 5) is 26.4. The highest BCUT2D eigenvalue weighted by Crippen LogP contribution is 2.26. The van der Waals surface area contributed by atoms with Gasteiger partial charge in [-0.3, -0.25) is 9.59 Å². The lowest BCUT2D eigenvalue weighted by Gasteiger charge is -2.38. The van der Waals surface area contributed by atoms with Crippen LogP contribution in [0.1, 0.15) is 53.3 Å². The van der Waals surface area contributed by atoms with Crippen molar-refractivity contribution in [1.29, 1.82) is 0 Å². The Balaban J connectivity index is 1.60. The van der Waals surface area contributed by atoms with Gasteiger partial charge in [-0.25, -0.2) is 0 Å². The first-order valence-corrected chi connectivity index (χ1v) is 8.26. The van der Waals surface area contributed by atoms with E-state index in [4.69, 9.17) is 4.74 Å². The predicted molar refractivity (Wildman–Crippen MR) is 87.5 cm³/mol. The van der Waals surface area contributed by atoms with E-state index in [0.717, 1.165) is 25.7 Å². The summed E-state index contributed by atoms with van der Waals surface area (Å²) >= 11 is 0. The molecule has 2 aliphatic rings. The van der Waals surface area contributed by atoms with Crippen LogP contribution in [0.3, 0.4) is 0 Å². The molecule has 2 amide bonds. The molecule has 1 heterocycles. The van der Waals surface area contributed by atoms with Crippen molar-refractivity contribution in [3.05, 3.63) is 35.4 Å². The molecule has 124 valence electrons.